The summed E-state index contributed by atoms with van der Waals surface area (Å²) in [5, 5.41) is 0. The zero-order valence-corrected chi connectivity index (χ0v) is 11.6. The van der Waals surface area contributed by atoms with E-state index in [1.807, 2.05) is 13.0 Å². The number of nitrogens with two attached hydrogens (primary N) is 1. The van der Waals surface area contributed by atoms with Crippen molar-refractivity contribution in [1.29, 1.82) is 0 Å². The number of rotatable bonds is 1. The standard InChI is InChI=1S/C16H18FN3/c1-10-7-11(9-12(17)8-10)16-19-14-6-4-2-3-5-13(14)15(18)20-16/h7-9H,2-6H2,1H3,(H2,18,19,20). The molecule has 0 fully saturated rings. The first-order valence-electron chi connectivity index (χ1n) is 7.06. The lowest BCUT2D eigenvalue weighted by atomic mass is 10.1. The van der Waals surface area contributed by atoms with Crippen molar-refractivity contribution in [1.82, 2.24) is 9.97 Å². The van der Waals surface area contributed by atoms with Crippen LogP contribution in [0.15, 0.2) is 18.2 Å². The van der Waals surface area contributed by atoms with E-state index in [4.69, 9.17) is 5.73 Å². The van der Waals surface area contributed by atoms with Gasteiger partial charge in [0, 0.05) is 16.8 Å². The van der Waals surface area contributed by atoms with Crippen LogP contribution in [0, 0.1) is 12.7 Å². The van der Waals surface area contributed by atoms with Crippen molar-refractivity contribution < 1.29 is 4.39 Å². The topological polar surface area (TPSA) is 51.8 Å². The van der Waals surface area contributed by atoms with Gasteiger partial charge < -0.3 is 5.73 Å². The van der Waals surface area contributed by atoms with E-state index in [0.717, 1.165) is 42.5 Å². The van der Waals surface area contributed by atoms with Gasteiger partial charge in [-0.15, -0.1) is 0 Å². The van der Waals surface area contributed by atoms with Gasteiger partial charge in [0.1, 0.15) is 11.6 Å². The highest BCUT2D eigenvalue weighted by Crippen LogP contribution is 2.27. The number of aryl methyl sites for hydroxylation is 2. The minimum Gasteiger partial charge on any atom is -0.383 e. The van der Waals surface area contributed by atoms with Crippen molar-refractivity contribution in [3.8, 4) is 11.4 Å². The van der Waals surface area contributed by atoms with E-state index in [1.165, 1.54) is 18.6 Å². The summed E-state index contributed by atoms with van der Waals surface area (Å²) in [5.41, 5.74) is 9.75. The molecular formula is C16H18FN3. The van der Waals surface area contributed by atoms with Gasteiger partial charge >= 0.3 is 0 Å². The number of nitrogen functional groups attached to an aromatic ring is 1. The second-order valence-electron chi connectivity index (χ2n) is 5.44. The fourth-order valence-corrected chi connectivity index (χ4v) is 2.79. The Kier molecular flexibility index (Phi) is 3.38. The van der Waals surface area contributed by atoms with Crippen molar-refractivity contribution >= 4 is 5.82 Å². The molecule has 1 aromatic heterocycles. The Morgan fingerprint density at radius 3 is 2.65 bits per heavy atom. The van der Waals surface area contributed by atoms with E-state index in [2.05, 4.69) is 9.97 Å². The molecule has 20 heavy (non-hydrogen) atoms. The summed E-state index contributed by atoms with van der Waals surface area (Å²) >= 11 is 0. The zero-order valence-electron chi connectivity index (χ0n) is 11.6. The molecule has 1 heterocycles. The maximum Gasteiger partial charge on any atom is 0.161 e. The lowest BCUT2D eigenvalue weighted by Gasteiger charge is -2.11. The quantitative estimate of drug-likeness (QED) is 0.808. The van der Waals surface area contributed by atoms with Gasteiger partial charge in [0.05, 0.1) is 0 Å². The monoisotopic (exact) mass is 271 g/mol. The number of halogens is 1. The molecule has 0 spiro atoms. The lowest BCUT2D eigenvalue weighted by Crippen LogP contribution is -2.06. The van der Waals surface area contributed by atoms with Crippen LogP contribution in [0.5, 0.6) is 0 Å². The van der Waals surface area contributed by atoms with Crippen molar-refractivity contribution in [3.05, 3.63) is 40.8 Å². The van der Waals surface area contributed by atoms with Gasteiger partial charge in [-0.05, 0) is 56.4 Å². The predicted octanol–water partition coefficient (Wildman–Crippen LogP) is 3.44. The highest BCUT2D eigenvalue weighted by Gasteiger charge is 2.16. The molecular weight excluding hydrogens is 253 g/mol. The SMILES string of the molecule is Cc1cc(F)cc(-c2nc(N)c3c(n2)CCCCC3)c1. The number of benzene rings is 1. The van der Waals surface area contributed by atoms with E-state index in [-0.39, 0.29) is 5.82 Å². The number of aromatic nitrogens is 2. The third kappa shape index (κ3) is 2.50. The summed E-state index contributed by atoms with van der Waals surface area (Å²) < 4.78 is 13.5. The maximum absolute atomic E-state index is 13.5. The maximum atomic E-state index is 13.5. The van der Waals surface area contributed by atoms with Crippen molar-refractivity contribution in [3.63, 3.8) is 0 Å². The van der Waals surface area contributed by atoms with Crippen LogP contribution >= 0.6 is 0 Å². The minimum absolute atomic E-state index is 0.267. The first-order chi connectivity index (χ1) is 9.63. The van der Waals surface area contributed by atoms with E-state index in [1.54, 1.807) is 0 Å². The molecule has 2 N–H and O–H groups in total. The van der Waals surface area contributed by atoms with Gasteiger partial charge in [-0.1, -0.05) is 6.42 Å². The normalized spacial score (nSPS) is 14.7. The smallest absolute Gasteiger partial charge is 0.161 e. The summed E-state index contributed by atoms with van der Waals surface area (Å²) in [6.45, 7) is 1.86. The molecule has 0 atom stereocenters. The number of anilines is 1. The summed E-state index contributed by atoms with van der Waals surface area (Å²) in [6, 6.07) is 4.85. The Balaban J connectivity index is 2.10. The average molecular weight is 271 g/mol. The molecule has 0 bridgehead atoms. The first kappa shape index (κ1) is 13.0. The molecule has 4 heteroatoms. The van der Waals surface area contributed by atoms with Gasteiger partial charge in [0.25, 0.3) is 0 Å². The summed E-state index contributed by atoms with van der Waals surface area (Å²) in [4.78, 5) is 9.01. The van der Waals surface area contributed by atoms with Crippen molar-refractivity contribution in [2.24, 2.45) is 0 Å². The van der Waals surface area contributed by atoms with Gasteiger partial charge in [0.2, 0.25) is 0 Å². The Labute approximate surface area is 118 Å². The second kappa shape index (κ2) is 5.19. The van der Waals surface area contributed by atoms with E-state index < -0.39 is 0 Å². The third-order valence-electron chi connectivity index (χ3n) is 3.77. The van der Waals surface area contributed by atoms with Crippen LogP contribution in [0.3, 0.4) is 0 Å². The highest BCUT2D eigenvalue weighted by molar-refractivity contribution is 5.60. The molecule has 1 aromatic carbocycles. The molecule has 0 radical (unpaired) electrons. The van der Waals surface area contributed by atoms with Crippen LogP contribution in [0.2, 0.25) is 0 Å². The molecule has 0 amide bonds. The third-order valence-corrected chi connectivity index (χ3v) is 3.77. The molecule has 2 aromatic rings. The number of fused-ring (bicyclic) bond motifs is 1. The number of nitrogens with zero attached hydrogens (tertiary/aromatic N) is 2. The van der Waals surface area contributed by atoms with Gasteiger partial charge in [-0.25, -0.2) is 14.4 Å². The Bertz CT molecular complexity index is 632. The molecule has 1 aliphatic rings. The van der Waals surface area contributed by atoms with Crippen molar-refractivity contribution in [2.75, 3.05) is 5.73 Å². The van der Waals surface area contributed by atoms with E-state index >= 15 is 0 Å². The largest absolute Gasteiger partial charge is 0.383 e. The summed E-state index contributed by atoms with van der Waals surface area (Å²) in [5.74, 6) is 0.816. The first-order valence-corrected chi connectivity index (χ1v) is 7.06. The Morgan fingerprint density at radius 2 is 1.85 bits per heavy atom. The van der Waals surface area contributed by atoms with Gasteiger partial charge in [-0.3, -0.25) is 0 Å². The van der Waals surface area contributed by atoms with Crippen LogP contribution < -0.4 is 5.73 Å². The van der Waals surface area contributed by atoms with E-state index in [0.29, 0.717) is 17.2 Å². The van der Waals surface area contributed by atoms with Crippen LogP contribution in [-0.2, 0) is 12.8 Å². The Hall–Kier alpha value is -1.97. The number of hydrogen-bond acceptors (Lipinski definition) is 3. The lowest BCUT2D eigenvalue weighted by molar-refractivity contribution is 0.627. The average Bonchev–Trinajstić information content (AvgIpc) is 2.63. The molecule has 0 saturated heterocycles. The fourth-order valence-electron chi connectivity index (χ4n) is 2.79. The van der Waals surface area contributed by atoms with Crippen molar-refractivity contribution in [2.45, 2.75) is 39.0 Å². The van der Waals surface area contributed by atoms with Gasteiger partial charge in [-0.2, -0.15) is 0 Å². The Morgan fingerprint density at radius 1 is 1.05 bits per heavy atom. The molecule has 0 unspecified atom stereocenters. The molecule has 3 nitrogen and oxygen atoms in total. The minimum atomic E-state index is -0.267. The van der Waals surface area contributed by atoms with E-state index in [9.17, 15) is 4.39 Å². The summed E-state index contributed by atoms with van der Waals surface area (Å²) in [6.07, 6.45) is 5.35. The zero-order chi connectivity index (χ0) is 14.1. The molecule has 0 aliphatic heterocycles. The molecule has 104 valence electrons. The van der Waals surface area contributed by atoms with Crippen LogP contribution in [-0.4, -0.2) is 9.97 Å². The highest BCUT2D eigenvalue weighted by atomic mass is 19.1. The van der Waals surface area contributed by atoms with Crippen LogP contribution in [0.1, 0.15) is 36.1 Å². The molecule has 1 aliphatic carbocycles. The molecule has 3 rings (SSSR count). The predicted molar refractivity (Wildman–Crippen MR) is 77.8 cm³/mol. The van der Waals surface area contributed by atoms with Gasteiger partial charge in [0.15, 0.2) is 5.82 Å². The van der Waals surface area contributed by atoms with Crippen LogP contribution in [0.25, 0.3) is 11.4 Å². The van der Waals surface area contributed by atoms with Crippen LogP contribution in [0.4, 0.5) is 10.2 Å². The molecule has 0 saturated carbocycles. The number of hydrogen-bond donors (Lipinski definition) is 1. The second-order valence-corrected chi connectivity index (χ2v) is 5.44. The summed E-state index contributed by atoms with van der Waals surface area (Å²) in [7, 11) is 0. The fraction of sp³-hybridized carbons (Fsp3) is 0.375.